The van der Waals surface area contributed by atoms with E-state index in [0.29, 0.717) is 19.5 Å². The zero-order valence-corrected chi connectivity index (χ0v) is 13.9. The maximum Gasteiger partial charge on any atom is 0.325 e. The number of amides is 3. The van der Waals surface area contributed by atoms with Crippen LogP contribution < -0.4 is 10.1 Å². The van der Waals surface area contributed by atoms with Crippen LogP contribution in [0.3, 0.4) is 0 Å². The van der Waals surface area contributed by atoms with Crippen LogP contribution in [0.5, 0.6) is 5.75 Å². The first kappa shape index (κ1) is 16.3. The summed E-state index contributed by atoms with van der Waals surface area (Å²) in [6.07, 6.45) is 0.359. The average molecular weight is 327 g/mol. The van der Waals surface area contributed by atoms with Gasteiger partial charge >= 0.3 is 6.03 Å². The molecule has 2 aromatic rings. The Morgan fingerprint density at radius 2 is 1.92 bits per heavy atom. The molecule has 1 saturated heterocycles. The quantitative estimate of drug-likeness (QED) is 0.914. The topological polar surface area (TPSA) is 61.9 Å². The van der Waals surface area contributed by atoms with Gasteiger partial charge in [-0.2, -0.15) is 0 Å². The first-order valence-electron chi connectivity index (χ1n) is 7.90. The molecular formula is C18H21N3O3. The number of nitrogens with one attached hydrogen (secondary N) is 1. The Labute approximate surface area is 141 Å². The normalized spacial score (nSPS) is 15.0. The highest BCUT2D eigenvalue weighted by Gasteiger charge is 2.26. The van der Waals surface area contributed by atoms with Crippen LogP contribution >= 0.6 is 0 Å². The number of hydrogen-bond acceptors (Lipinski definition) is 4. The standard InChI is InChI=1S/C18H21N3O3/c1-20(12-21-17(22)7-8-19-18(21)23)11-13-3-4-15-10-16(24-2)6-5-14(15)9-13/h3-6,9-10H,7-8,11-12H2,1-2H3,(H,19,23). The Balaban J connectivity index is 1.69. The van der Waals surface area contributed by atoms with E-state index >= 15 is 0 Å². The Kier molecular flexibility index (Phi) is 4.66. The van der Waals surface area contributed by atoms with Crippen LogP contribution in [0.25, 0.3) is 10.8 Å². The summed E-state index contributed by atoms with van der Waals surface area (Å²) in [5, 5.41) is 4.94. The smallest absolute Gasteiger partial charge is 0.325 e. The molecule has 6 heteroatoms. The predicted molar refractivity (Wildman–Crippen MR) is 91.7 cm³/mol. The lowest BCUT2D eigenvalue weighted by atomic mass is 10.1. The van der Waals surface area contributed by atoms with Gasteiger partial charge in [0.05, 0.1) is 13.8 Å². The van der Waals surface area contributed by atoms with Gasteiger partial charge in [0.1, 0.15) is 5.75 Å². The Morgan fingerprint density at radius 1 is 1.17 bits per heavy atom. The van der Waals surface area contributed by atoms with Crippen molar-refractivity contribution in [3.05, 3.63) is 42.0 Å². The third-order valence-electron chi connectivity index (χ3n) is 4.11. The summed E-state index contributed by atoms with van der Waals surface area (Å²) in [7, 11) is 3.55. The summed E-state index contributed by atoms with van der Waals surface area (Å²) in [5.74, 6) is 0.707. The maximum absolute atomic E-state index is 11.9. The zero-order valence-electron chi connectivity index (χ0n) is 13.9. The molecule has 1 heterocycles. The molecule has 1 fully saturated rings. The molecule has 2 aromatic carbocycles. The summed E-state index contributed by atoms with van der Waals surface area (Å²) in [6, 6.07) is 11.9. The molecule has 3 amide bonds. The van der Waals surface area contributed by atoms with E-state index in [1.54, 1.807) is 7.11 Å². The molecule has 0 spiro atoms. The van der Waals surface area contributed by atoms with E-state index in [0.717, 1.165) is 22.1 Å². The van der Waals surface area contributed by atoms with Crippen LogP contribution in [0.15, 0.2) is 36.4 Å². The minimum absolute atomic E-state index is 0.129. The van der Waals surface area contributed by atoms with Gasteiger partial charge in [-0.25, -0.2) is 4.79 Å². The number of ether oxygens (including phenoxy) is 1. The molecule has 0 aromatic heterocycles. The van der Waals surface area contributed by atoms with Gasteiger partial charge in [0.25, 0.3) is 0 Å². The van der Waals surface area contributed by atoms with Crippen molar-refractivity contribution >= 4 is 22.7 Å². The molecule has 6 nitrogen and oxygen atoms in total. The van der Waals surface area contributed by atoms with Crippen LogP contribution in [-0.4, -0.2) is 49.1 Å². The average Bonchev–Trinajstić information content (AvgIpc) is 2.58. The highest BCUT2D eigenvalue weighted by Crippen LogP contribution is 2.22. The lowest BCUT2D eigenvalue weighted by molar-refractivity contribution is -0.130. The van der Waals surface area contributed by atoms with E-state index in [1.807, 2.05) is 30.1 Å². The second kappa shape index (κ2) is 6.88. The van der Waals surface area contributed by atoms with Gasteiger partial charge < -0.3 is 10.1 Å². The van der Waals surface area contributed by atoms with E-state index in [9.17, 15) is 9.59 Å². The minimum Gasteiger partial charge on any atom is -0.497 e. The lowest BCUT2D eigenvalue weighted by Crippen LogP contribution is -2.53. The first-order valence-corrected chi connectivity index (χ1v) is 7.90. The number of imide groups is 1. The van der Waals surface area contributed by atoms with E-state index in [2.05, 4.69) is 23.5 Å². The highest BCUT2D eigenvalue weighted by atomic mass is 16.5. The number of rotatable bonds is 5. The first-order chi connectivity index (χ1) is 11.6. The van der Waals surface area contributed by atoms with Gasteiger partial charge in [-0.3, -0.25) is 14.6 Å². The molecule has 3 rings (SSSR count). The third-order valence-corrected chi connectivity index (χ3v) is 4.11. The number of carbonyl (C=O) groups excluding carboxylic acids is 2. The predicted octanol–water partition coefficient (Wildman–Crippen LogP) is 2.18. The zero-order chi connectivity index (χ0) is 17.1. The van der Waals surface area contributed by atoms with Crippen LogP contribution in [0.1, 0.15) is 12.0 Å². The van der Waals surface area contributed by atoms with E-state index in [1.165, 1.54) is 4.90 Å². The summed E-state index contributed by atoms with van der Waals surface area (Å²) in [6.45, 7) is 1.36. The maximum atomic E-state index is 11.9. The minimum atomic E-state index is -0.316. The Hall–Kier alpha value is -2.60. The van der Waals surface area contributed by atoms with Gasteiger partial charge in [-0.1, -0.05) is 18.2 Å². The summed E-state index contributed by atoms with van der Waals surface area (Å²) < 4.78 is 5.24. The highest BCUT2D eigenvalue weighted by molar-refractivity contribution is 5.96. The largest absolute Gasteiger partial charge is 0.497 e. The monoisotopic (exact) mass is 327 g/mol. The Morgan fingerprint density at radius 3 is 2.67 bits per heavy atom. The van der Waals surface area contributed by atoms with E-state index in [4.69, 9.17) is 4.74 Å². The SMILES string of the molecule is COc1ccc2cc(CN(C)CN3C(=O)CCNC3=O)ccc2c1. The number of fused-ring (bicyclic) bond motifs is 1. The lowest BCUT2D eigenvalue weighted by Gasteiger charge is -2.29. The number of urea groups is 1. The fourth-order valence-corrected chi connectivity index (χ4v) is 2.86. The van der Waals surface area contributed by atoms with E-state index < -0.39 is 0 Å². The number of methoxy groups -OCH3 is 1. The molecule has 0 atom stereocenters. The summed E-state index contributed by atoms with van der Waals surface area (Å²) in [4.78, 5) is 26.8. The fourth-order valence-electron chi connectivity index (χ4n) is 2.86. The van der Waals surface area contributed by atoms with Crippen molar-refractivity contribution in [3.8, 4) is 5.75 Å². The number of carbonyl (C=O) groups is 2. The molecule has 0 unspecified atom stereocenters. The number of benzene rings is 2. The second-order valence-electron chi connectivity index (χ2n) is 6.01. The van der Waals surface area contributed by atoms with Gasteiger partial charge in [-0.05, 0) is 41.6 Å². The molecule has 1 aliphatic rings. The molecular weight excluding hydrogens is 306 g/mol. The molecule has 126 valence electrons. The molecule has 0 radical (unpaired) electrons. The molecule has 0 saturated carbocycles. The van der Waals surface area contributed by atoms with Gasteiger partial charge in [0, 0.05) is 19.5 Å². The van der Waals surface area contributed by atoms with Crippen LogP contribution in [-0.2, 0) is 11.3 Å². The molecule has 0 aliphatic carbocycles. The van der Waals surface area contributed by atoms with Crippen LogP contribution in [0, 0.1) is 0 Å². The molecule has 24 heavy (non-hydrogen) atoms. The van der Waals surface area contributed by atoms with Crippen molar-refractivity contribution < 1.29 is 14.3 Å². The van der Waals surface area contributed by atoms with E-state index in [-0.39, 0.29) is 18.6 Å². The van der Waals surface area contributed by atoms with Crippen molar-refractivity contribution in [2.24, 2.45) is 0 Å². The van der Waals surface area contributed by atoms with Crippen molar-refractivity contribution in [2.45, 2.75) is 13.0 Å². The van der Waals surface area contributed by atoms with Crippen molar-refractivity contribution in [2.75, 3.05) is 27.4 Å². The second-order valence-corrected chi connectivity index (χ2v) is 6.01. The molecule has 1 N–H and O–H groups in total. The number of hydrogen-bond donors (Lipinski definition) is 1. The van der Waals surface area contributed by atoms with Crippen LogP contribution in [0.2, 0.25) is 0 Å². The summed E-state index contributed by atoms with van der Waals surface area (Å²) >= 11 is 0. The van der Waals surface area contributed by atoms with Gasteiger partial charge in [0.15, 0.2) is 0 Å². The fraction of sp³-hybridized carbons (Fsp3) is 0.333. The van der Waals surface area contributed by atoms with Crippen molar-refractivity contribution in [1.82, 2.24) is 15.1 Å². The number of nitrogens with zero attached hydrogens (tertiary/aromatic N) is 2. The van der Waals surface area contributed by atoms with Crippen LogP contribution in [0.4, 0.5) is 4.79 Å². The summed E-state index contributed by atoms with van der Waals surface area (Å²) in [5.41, 5.74) is 1.13. The third kappa shape index (κ3) is 3.49. The van der Waals surface area contributed by atoms with Gasteiger partial charge in [-0.15, -0.1) is 0 Å². The Bertz CT molecular complexity index is 759. The van der Waals surface area contributed by atoms with Gasteiger partial charge in [0.2, 0.25) is 5.91 Å². The van der Waals surface area contributed by atoms with Crippen molar-refractivity contribution in [1.29, 1.82) is 0 Å². The molecule has 1 aliphatic heterocycles. The molecule has 0 bridgehead atoms. The van der Waals surface area contributed by atoms with Crippen molar-refractivity contribution in [3.63, 3.8) is 0 Å².